The third kappa shape index (κ3) is 9.36. The molecular formula is C19H27ClI2OSi. The second-order valence-corrected chi connectivity index (χ2v) is 15.6. The first kappa shape index (κ1) is 22.7. The van der Waals surface area contributed by atoms with E-state index in [-0.39, 0.29) is 0 Å². The van der Waals surface area contributed by atoms with Crippen molar-refractivity contribution in [2.24, 2.45) is 0 Å². The minimum Gasteiger partial charge on any atom is -0.376 e. The standard InChI is InChI=1S/C19H27ClI2OSi/c1-24(2,3)19(22)17(10-7-12-20)14-18(21)11-13-23-15-16-8-5-4-6-9-16/h4-6,8-9,14H,7,10-13,15H2,1-3H3/b18-14-,19-17-. The van der Waals surface area contributed by atoms with E-state index in [1.165, 1.54) is 14.7 Å². The molecule has 5 heteroatoms. The molecule has 0 bridgehead atoms. The van der Waals surface area contributed by atoms with Crippen LogP contribution in [0.3, 0.4) is 0 Å². The normalized spacial score (nSPS) is 13.8. The van der Waals surface area contributed by atoms with E-state index in [1.807, 2.05) is 6.07 Å². The first-order valence-corrected chi connectivity index (χ1v) is 14.5. The molecular weight excluding hydrogens is 562 g/mol. The third-order valence-corrected chi connectivity index (χ3v) is 11.8. The third-order valence-electron chi connectivity index (χ3n) is 3.45. The molecule has 0 atom stereocenters. The Morgan fingerprint density at radius 1 is 1.12 bits per heavy atom. The van der Waals surface area contributed by atoms with E-state index in [9.17, 15) is 0 Å². The Hall–Kier alpha value is 0.627. The van der Waals surface area contributed by atoms with Gasteiger partial charge in [0.1, 0.15) is 0 Å². The first-order chi connectivity index (χ1) is 11.3. The maximum absolute atomic E-state index is 5.91. The monoisotopic (exact) mass is 588 g/mol. The largest absolute Gasteiger partial charge is 0.376 e. The van der Waals surface area contributed by atoms with Crippen LogP contribution in [-0.2, 0) is 11.3 Å². The Labute approximate surface area is 180 Å². The van der Waals surface area contributed by atoms with E-state index in [0.717, 1.165) is 31.7 Å². The van der Waals surface area contributed by atoms with Crippen molar-refractivity contribution in [2.45, 2.75) is 45.5 Å². The second-order valence-electron chi connectivity index (χ2n) is 6.76. The highest BCUT2D eigenvalue weighted by Crippen LogP contribution is 2.30. The molecule has 0 aliphatic rings. The maximum Gasteiger partial charge on any atom is 0.0858 e. The van der Waals surface area contributed by atoms with Crippen LogP contribution in [0.1, 0.15) is 24.8 Å². The Kier molecular flexibility index (Phi) is 11.4. The molecule has 0 unspecified atom stereocenters. The van der Waals surface area contributed by atoms with Crippen LogP contribution in [0.2, 0.25) is 19.6 Å². The zero-order valence-corrected chi connectivity index (χ0v) is 20.8. The SMILES string of the molecule is C[Si](C)(C)/C(I)=C(\C=C(/I)CCOCc1ccccc1)CCCCl. The molecule has 0 aliphatic carbocycles. The molecule has 1 nitrogen and oxygen atoms in total. The topological polar surface area (TPSA) is 9.23 Å². The van der Waals surface area contributed by atoms with Crippen molar-refractivity contribution in [3.8, 4) is 0 Å². The van der Waals surface area contributed by atoms with Gasteiger partial charge < -0.3 is 4.74 Å². The van der Waals surface area contributed by atoms with Gasteiger partial charge in [-0.1, -0.05) is 72.6 Å². The molecule has 0 amide bonds. The van der Waals surface area contributed by atoms with Crippen molar-refractivity contribution >= 4 is 64.9 Å². The quantitative estimate of drug-likeness (QED) is 0.0905. The van der Waals surface area contributed by atoms with Crippen molar-refractivity contribution in [3.05, 3.63) is 54.3 Å². The number of rotatable bonds is 10. The van der Waals surface area contributed by atoms with Crippen LogP contribution < -0.4 is 0 Å². The predicted molar refractivity (Wildman–Crippen MR) is 127 cm³/mol. The number of ether oxygens (including phenoxy) is 1. The van der Waals surface area contributed by atoms with Crippen LogP contribution in [0.5, 0.6) is 0 Å². The van der Waals surface area contributed by atoms with Gasteiger partial charge in [0.2, 0.25) is 0 Å². The Morgan fingerprint density at radius 3 is 2.38 bits per heavy atom. The van der Waals surface area contributed by atoms with Crippen molar-refractivity contribution in [1.82, 2.24) is 0 Å². The summed E-state index contributed by atoms with van der Waals surface area (Å²) in [6.45, 7) is 8.65. The molecule has 0 radical (unpaired) electrons. The summed E-state index contributed by atoms with van der Waals surface area (Å²) in [6.07, 6.45) is 5.44. The molecule has 0 aromatic heterocycles. The average molecular weight is 589 g/mol. The lowest BCUT2D eigenvalue weighted by Crippen LogP contribution is -2.21. The molecule has 0 saturated carbocycles. The van der Waals surface area contributed by atoms with E-state index in [1.54, 1.807) is 3.20 Å². The predicted octanol–water partition coefficient (Wildman–Crippen LogP) is 7.50. The summed E-state index contributed by atoms with van der Waals surface area (Å²) in [7, 11) is -1.28. The summed E-state index contributed by atoms with van der Waals surface area (Å²) in [4.78, 5) is 0. The fourth-order valence-corrected chi connectivity index (χ4v) is 4.49. The van der Waals surface area contributed by atoms with Crippen LogP contribution >= 0.6 is 56.8 Å². The lowest BCUT2D eigenvalue weighted by molar-refractivity contribution is 0.125. The lowest BCUT2D eigenvalue weighted by Gasteiger charge is -2.19. The molecule has 0 aliphatic heterocycles. The summed E-state index contributed by atoms with van der Waals surface area (Å²) >= 11 is 10.9. The summed E-state index contributed by atoms with van der Waals surface area (Å²) < 4.78 is 8.72. The fraction of sp³-hybridized carbons (Fsp3) is 0.474. The number of hydrogen-bond donors (Lipinski definition) is 0. The Bertz CT molecular complexity index is 550. The molecule has 134 valence electrons. The summed E-state index contributed by atoms with van der Waals surface area (Å²) in [5.41, 5.74) is 2.70. The van der Waals surface area contributed by atoms with Gasteiger partial charge >= 0.3 is 0 Å². The number of allylic oxidation sites excluding steroid dienone is 2. The average Bonchev–Trinajstić information content (AvgIpc) is 2.55. The zero-order chi connectivity index (χ0) is 18.0. The maximum atomic E-state index is 5.91. The van der Waals surface area contributed by atoms with Crippen LogP contribution in [0.4, 0.5) is 0 Å². The first-order valence-electron chi connectivity index (χ1n) is 8.27. The second kappa shape index (κ2) is 12.1. The number of hydrogen-bond acceptors (Lipinski definition) is 1. The van der Waals surface area contributed by atoms with Crippen LogP contribution in [0.15, 0.2) is 48.8 Å². The Morgan fingerprint density at radius 2 is 1.79 bits per heavy atom. The van der Waals surface area contributed by atoms with E-state index in [2.05, 4.69) is 95.2 Å². The van der Waals surface area contributed by atoms with Gasteiger partial charge in [-0.15, -0.1) is 11.6 Å². The molecule has 0 N–H and O–H groups in total. The van der Waals surface area contributed by atoms with Crippen molar-refractivity contribution < 1.29 is 4.74 Å². The summed E-state index contributed by atoms with van der Waals surface area (Å²) in [6, 6.07) is 10.3. The molecule has 0 heterocycles. The molecule has 0 saturated heterocycles. The Balaban J connectivity index is 2.59. The minimum absolute atomic E-state index is 0.687. The summed E-state index contributed by atoms with van der Waals surface area (Å²) in [5.74, 6) is 0.726. The van der Waals surface area contributed by atoms with Crippen molar-refractivity contribution in [1.29, 1.82) is 0 Å². The van der Waals surface area contributed by atoms with Crippen molar-refractivity contribution in [2.75, 3.05) is 12.5 Å². The fourth-order valence-electron chi connectivity index (χ4n) is 2.18. The molecule has 24 heavy (non-hydrogen) atoms. The highest BCUT2D eigenvalue weighted by molar-refractivity contribution is 14.1. The van der Waals surface area contributed by atoms with Crippen LogP contribution in [-0.4, -0.2) is 20.6 Å². The van der Waals surface area contributed by atoms with Gasteiger partial charge in [0.25, 0.3) is 0 Å². The van der Waals surface area contributed by atoms with Crippen LogP contribution in [0, 0.1) is 0 Å². The molecule has 1 aromatic rings. The smallest absolute Gasteiger partial charge is 0.0858 e. The number of benzene rings is 1. The molecule has 1 aromatic carbocycles. The van der Waals surface area contributed by atoms with Gasteiger partial charge in [-0.2, -0.15) is 0 Å². The van der Waals surface area contributed by atoms with E-state index < -0.39 is 8.07 Å². The lowest BCUT2D eigenvalue weighted by atomic mass is 10.1. The molecule has 0 fully saturated rings. The van der Waals surface area contributed by atoms with Gasteiger partial charge in [0.15, 0.2) is 0 Å². The van der Waals surface area contributed by atoms with Crippen molar-refractivity contribution in [3.63, 3.8) is 0 Å². The van der Waals surface area contributed by atoms with Gasteiger partial charge in [-0.05, 0) is 59.4 Å². The van der Waals surface area contributed by atoms with Gasteiger partial charge in [-0.25, -0.2) is 0 Å². The van der Waals surface area contributed by atoms with E-state index in [4.69, 9.17) is 16.3 Å². The van der Waals surface area contributed by atoms with Gasteiger partial charge in [0.05, 0.1) is 21.3 Å². The minimum atomic E-state index is -1.28. The molecule has 1 rings (SSSR count). The van der Waals surface area contributed by atoms with E-state index >= 15 is 0 Å². The molecule has 0 spiro atoms. The summed E-state index contributed by atoms with van der Waals surface area (Å²) in [5, 5.41) is 0. The number of alkyl halides is 1. The highest BCUT2D eigenvalue weighted by atomic mass is 127. The van der Waals surface area contributed by atoms with Gasteiger partial charge in [-0.3, -0.25) is 0 Å². The van der Waals surface area contributed by atoms with E-state index in [0.29, 0.717) is 6.61 Å². The van der Waals surface area contributed by atoms with Crippen LogP contribution in [0.25, 0.3) is 0 Å². The van der Waals surface area contributed by atoms with Gasteiger partial charge in [0, 0.05) is 12.3 Å². The highest BCUT2D eigenvalue weighted by Gasteiger charge is 2.20. The number of halogens is 3. The zero-order valence-electron chi connectivity index (χ0n) is 14.7.